The summed E-state index contributed by atoms with van der Waals surface area (Å²) in [5.74, 6) is -2.17. The Morgan fingerprint density at radius 3 is 1.67 bits per heavy atom. The minimum absolute atomic E-state index is 0.267. The number of hydrogen-bond donors (Lipinski definition) is 0. The maximum absolute atomic E-state index is 15.3. The van der Waals surface area contributed by atoms with Crippen molar-refractivity contribution in [1.29, 1.82) is 0 Å². The smallest absolute Gasteiger partial charge is 0.317 e. The van der Waals surface area contributed by atoms with Gasteiger partial charge in [-0.15, -0.1) is 0 Å². The molecule has 210 valence electrons. The molecule has 4 saturated carbocycles. The predicted octanol–water partition coefficient (Wildman–Crippen LogP) is 8.45. The Kier molecular flexibility index (Phi) is 9.19. The summed E-state index contributed by atoms with van der Waals surface area (Å²) in [5, 5.41) is 0. The van der Waals surface area contributed by atoms with Crippen LogP contribution in [0, 0.1) is 35.5 Å². The lowest BCUT2D eigenvalue weighted by Gasteiger charge is -2.45. The van der Waals surface area contributed by atoms with E-state index in [1.807, 2.05) is 0 Å². The highest BCUT2D eigenvalue weighted by atomic mass is 19.3. The van der Waals surface area contributed by atoms with Crippen LogP contribution in [0.3, 0.4) is 0 Å². The Balaban J connectivity index is 1.31. The van der Waals surface area contributed by atoms with Crippen LogP contribution in [-0.4, -0.2) is 49.2 Å². The number of rotatable bonds is 6. The van der Waals surface area contributed by atoms with Crippen molar-refractivity contribution < 1.29 is 39.9 Å². The summed E-state index contributed by atoms with van der Waals surface area (Å²) >= 11 is 0. The molecule has 0 amide bonds. The van der Waals surface area contributed by atoms with Crippen molar-refractivity contribution >= 4 is 0 Å². The van der Waals surface area contributed by atoms with Crippen molar-refractivity contribution in [3.63, 3.8) is 0 Å². The highest BCUT2D eigenvalue weighted by Crippen LogP contribution is 2.51. The minimum atomic E-state index is -4.30. The van der Waals surface area contributed by atoms with Crippen LogP contribution in [0.25, 0.3) is 0 Å². The molecule has 0 bridgehead atoms. The van der Waals surface area contributed by atoms with Crippen LogP contribution >= 0.6 is 0 Å². The van der Waals surface area contributed by atoms with Gasteiger partial charge in [0.05, 0.1) is 6.10 Å². The minimum Gasteiger partial charge on any atom is -0.317 e. The molecule has 0 aliphatic heterocycles. The van der Waals surface area contributed by atoms with Gasteiger partial charge in [0.15, 0.2) is 6.17 Å². The Bertz CT molecular complexity index is 677. The van der Waals surface area contributed by atoms with Crippen LogP contribution in [0.2, 0.25) is 0 Å². The molecule has 0 aromatic rings. The molecule has 0 aromatic carbocycles. The van der Waals surface area contributed by atoms with Gasteiger partial charge in [0.25, 0.3) is 0 Å². The van der Waals surface area contributed by atoms with Gasteiger partial charge in [-0.25, -0.2) is 26.3 Å². The molecule has 36 heavy (non-hydrogen) atoms. The molecule has 1 nitrogen and oxygen atoms in total. The van der Waals surface area contributed by atoms with Gasteiger partial charge in [0.2, 0.25) is 0 Å². The fourth-order valence-corrected chi connectivity index (χ4v) is 7.64. The van der Waals surface area contributed by atoms with Crippen LogP contribution in [0.1, 0.15) is 84.0 Å². The monoisotopic (exact) mass is 532 g/mol. The highest BCUT2D eigenvalue weighted by molar-refractivity contribution is 4.97. The van der Waals surface area contributed by atoms with Gasteiger partial charge >= 0.3 is 6.11 Å². The molecule has 7 unspecified atom stereocenters. The van der Waals surface area contributed by atoms with Crippen LogP contribution < -0.4 is 0 Å². The van der Waals surface area contributed by atoms with E-state index in [2.05, 4.69) is 11.7 Å². The molecule has 7 atom stereocenters. The summed E-state index contributed by atoms with van der Waals surface area (Å²) < 4.78 is 120. The number of halogens is 8. The van der Waals surface area contributed by atoms with E-state index < -0.39 is 92.7 Å². The Labute approximate surface area is 209 Å². The number of alkyl halides is 8. The fourth-order valence-electron chi connectivity index (χ4n) is 7.64. The van der Waals surface area contributed by atoms with Crippen molar-refractivity contribution in [3.05, 3.63) is 0 Å². The highest BCUT2D eigenvalue weighted by Gasteiger charge is 2.57. The molecule has 0 aromatic heterocycles. The van der Waals surface area contributed by atoms with Crippen LogP contribution in [0.5, 0.6) is 0 Å². The second-order valence-corrected chi connectivity index (χ2v) is 12.0. The van der Waals surface area contributed by atoms with Crippen LogP contribution in [0.15, 0.2) is 0 Å². The first-order valence-electron chi connectivity index (χ1n) is 13.9. The summed E-state index contributed by atoms with van der Waals surface area (Å²) in [6.07, 6.45) is -13.8. The topological polar surface area (TPSA) is 9.23 Å². The molecule has 0 radical (unpaired) electrons. The molecule has 4 aliphatic carbocycles. The Morgan fingerprint density at radius 2 is 1.14 bits per heavy atom. The third-order valence-corrected chi connectivity index (χ3v) is 9.82. The first kappa shape index (κ1) is 28.4. The molecule has 4 fully saturated rings. The van der Waals surface area contributed by atoms with E-state index in [9.17, 15) is 22.0 Å². The Morgan fingerprint density at radius 1 is 0.611 bits per heavy atom. The first-order chi connectivity index (χ1) is 17.0. The van der Waals surface area contributed by atoms with Gasteiger partial charge in [0.1, 0.15) is 36.8 Å². The lowest BCUT2D eigenvalue weighted by Crippen LogP contribution is -2.52. The van der Waals surface area contributed by atoms with Crippen molar-refractivity contribution in [3.8, 4) is 0 Å². The first-order valence-corrected chi connectivity index (χ1v) is 13.9. The van der Waals surface area contributed by atoms with Gasteiger partial charge in [-0.2, -0.15) is 8.78 Å². The van der Waals surface area contributed by atoms with Gasteiger partial charge in [0, 0.05) is 12.8 Å². The summed E-state index contributed by atoms with van der Waals surface area (Å²) in [6.45, 7) is 2.19. The van der Waals surface area contributed by atoms with E-state index >= 15 is 13.2 Å². The molecule has 0 N–H and O–H groups in total. The molecule has 0 spiro atoms. The molecule has 0 heterocycles. The third kappa shape index (κ3) is 6.17. The molecular formula is C27H40F8O. The van der Waals surface area contributed by atoms with Gasteiger partial charge in [-0.3, -0.25) is 0 Å². The normalized spacial score (nSPS) is 49.1. The summed E-state index contributed by atoms with van der Waals surface area (Å²) in [6, 6.07) is 0. The average molecular weight is 533 g/mol. The lowest BCUT2D eigenvalue weighted by molar-refractivity contribution is -0.323. The van der Waals surface area contributed by atoms with E-state index in [1.165, 1.54) is 12.8 Å². The zero-order valence-corrected chi connectivity index (χ0v) is 20.9. The fraction of sp³-hybridized carbons (Fsp3) is 1.00. The second-order valence-electron chi connectivity index (χ2n) is 12.0. The van der Waals surface area contributed by atoms with Crippen LogP contribution in [-0.2, 0) is 4.74 Å². The van der Waals surface area contributed by atoms with E-state index in [1.54, 1.807) is 0 Å². The van der Waals surface area contributed by atoms with E-state index in [-0.39, 0.29) is 5.92 Å². The zero-order valence-electron chi connectivity index (χ0n) is 20.9. The number of ether oxygens (including phenoxy) is 1. The van der Waals surface area contributed by atoms with Gasteiger partial charge in [-0.05, 0) is 74.5 Å². The zero-order chi connectivity index (χ0) is 26.2. The van der Waals surface area contributed by atoms with E-state index in [0.29, 0.717) is 18.8 Å². The number of hydrogen-bond acceptors (Lipinski definition) is 1. The standard InChI is InChI=1S/C27H40F8O/c1-2-14-3-5-15(6-4-14)16-7-8-19(20(28)9-16)17-10-21(29)25(22(30)11-17)27(34,35)36-18-12-23(31)26(33)24(32)13-18/h14-26H,2-13H2,1H3. The Hall–Kier alpha value is -0.600. The molecule has 4 aliphatic rings. The SMILES string of the molecule is CCC1CCC(C2CCC(C3CC(F)C(C(F)(F)OC4CC(F)C(F)C(F)C4)C(F)C3)C(F)C2)CC1. The summed E-state index contributed by atoms with van der Waals surface area (Å²) in [4.78, 5) is 0. The van der Waals surface area contributed by atoms with Crippen molar-refractivity contribution in [2.45, 2.75) is 133 Å². The summed E-state index contributed by atoms with van der Waals surface area (Å²) in [5.41, 5.74) is 0. The van der Waals surface area contributed by atoms with E-state index in [4.69, 9.17) is 0 Å². The quantitative estimate of drug-likeness (QED) is 0.312. The van der Waals surface area contributed by atoms with Crippen molar-refractivity contribution in [2.75, 3.05) is 0 Å². The average Bonchev–Trinajstić information content (AvgIpc) is 2.81. The molecule has 9 heteroatoms. The van der Waals surface area contributed by atoms with Crippen molar-refractivity contribution in [1.82, 2.24) is 0 Å². The van der Waals surface area contributed by atoms with Gasteiger partial charge in [-0.1, -0.05) is 26.2 Å². The maximum Gasteiger partial charge on any atom is 0.364 e. The third-order valence-electron chi connectivity index (χ3n) is 9.82. The predicted molar refractivity (Wildman–Crippen MR) is 121 cm³/mol. The van der Waals surface area contributed by atoms with Crippen molar-refractivity contribution in [2.24, 2.45) is 35.5 Å². The molecule has 0 saturated heterocycles. The van der Waals surface area contributed by atoms with E-state index in [0.717, 1.165) is 31.6 Å². The maximum atomic E-state index is 15.3. The molecular weight excluding hydrogens is 492 g/mol. The lowest BCUT2D eigenvalue weighted by atomic mass is 9.63. The second kappa shape index (κ2) is 11.6. The van der Waals surface area contributed by atoms with Gasteiger partial charge < -0.3 is 4.74 Å². The largest absolute Gasteiger partial charge is 0.364 e. The van der Waals surface area contributed by atoms with Crippen LogP contribution in [0.4, 0.5) is 35.1 Å². The summed E-state index contributed by atoms with van der Waals surface area (Å²) in [7, 11) is 0. The molecule has 4 rings (SSSR count).